The molecule has 0 amide bonds. The van der Waals surface area contributed by atoms with Crippen molar-refractivity contribution < 1.29 is 4.74 Å². The molecule has 2 N–H and O–H groups in total. The largest absolute Gasteiger partial charge is 0.492 e. The van der Waals surface area contributed by atoms with Crippen molar-refractivity contribution in [3.05, 3.63) is 27.1 Å². The quantitative estimate of drug-likeness (QED) is 0.804. The Morgan fingerprint density at radius 3 is 2.88 bits per heavy atom. The molecule has 1 aliphatic heterocycles. The Labute approximate surface area is 112 Å². The van der Waals surface area contributed by atoms with Crippen LogP contribution in [-0.4, -0.2) is 11.6 Å². The summed E-state index contributed by atoms with van der Waals surface area (Å²) < 4.78 is 5.65. The van der Waals surface area contributed by atoms with Crippen molar-refractivity contribution in [3.8, 4) is 17.0 Å². The molecule has 0 bridgehead atoms. The van der Waals surface area contributed by atoms with Crippen LogP contribution in [0.1, 0.15) is 4.88 Å². The second-order valence-electron chi connectivity index (χ2n) is 3.68. The van der Waals surface area contributed by atoms with Crippen molar-refractivity contribution in [1.29, 1.82) is 0 Å². The van der Waals surface area contributed by atoms with Crippen LogP contribution in [0.15, 0.2) is 12.1 Å². The number of fused-ring (bicyclic) bond motifs is 3. The van der Waals surface area contributed by atoms with Gasteiger partial charge in [-0.15, -0.1) is 11.3 Å². The summed E-state index contributed by atoms with van der Waals surface area (Å²) in [4.78, 5) is 5.46. The summed E-state index contributed by atoms with van der Waals surface area (Å²) in [7, 11) is 0. The summed E-state index contributed by atoms with van der Waals surface area (Å²) in [6.07, 6.45) is 0.800. The maximum absolute atomic E-state index is 6.03. The number of nitrogens with zero attached hydrogens (tertiary/aromatic N) is 1. The Morgan fingerprint density at radius 2 is 2.06 bits per heavy atom. The first-order valence-corrected chi connectivity index (χ1v) is 6.60. The van der Waals surface area contributed by atoms with Gasteiger partial charge in [-0.3, -0.25) is 0 Å². The molecule has 3 nitrogen and oxygen atoms in total. The van der Waals surface area contributed by atoms with Crippen molar-refractivity contribution >= 4 is 39.7 Å². The van der Waals surface area contributed by atoms with Crippen molar-refractivity contribution in [1.82, 2.24) is 4.98 Å². The minimum Gasteiger partial charge on any atom is -0.492 e. The molecule has 2 heterocycles. The van der Waals surface area contributed by atoms with Gasteiger partial charge >= 0.3 is 0 Å². The fraction of sp³-hybridized carbons (Fsp3) is 0.182. The number of ether oxygens (including phenoxy) is 1. The Kier molecular flexibility index (Phi) is 2.65. The van der Waals surface area contributed by atoms with Gasteiger partial charge in [0, 0.05) is 22.9 Å². The molecule has 1 aromatic carbocycles. The van der Waals surface area contributed by atoms with E-state index in [4.69, 9.17) is 33.7 Å². The van der Waals surface area contributed by atoms with E-state index < -0.39 is 0 Å². The third-order valence-electron chi connectivity index (χ3n) is 2.58. The summed E-state index contributed by atoms with van der Waals surface area (Å²) in [5.74, 6) is 0.712. The highest BCUT2D eigenvalue weighted by atomic mass is 35.5. The van der Waals surface area contributed by atoms with Gasteiger partial charge in [-0.25, -0.2) is 4.98 Å². The van der Waals surface area contributed by atoms with Crippen LogP contribution in [0.3, 0.4) is 0 Å². The average molecular weight is 287 g/mol. The van der Waals surface area contributed by atoms with Crippen molar-refractivity contribution in [2.45, 2.75) is 6.42 Å². The van der Waals surface area contributed by atoms with Gasteiger partial charge < -0.3 is 10.5 Å². The molecule has 0 radical (unpaired) electrons. The minimum atomic E-state index is 0.483. The molecule has 6 heteroatoms. The van der Waals surface area contributed by atoms with Gasteiger partial charge in [-0.05, 0) is 6.07 Å². The molecule has 0 unspecified atom stereocenters. The van der Waals surface area contributed by atoms with E-state index in [9.17, 15) is 0 Å². The number of hydrogen-bond acceptors (Lipinski definition) is 4. The SMILES string of the molecule is Nc1nc2c(s1)CCOc1cc(Cl)c(Cl)cc1-2. The number of hydrogen-bond donors (Lipinski definition) is 1. The van der Waals surface area contributed by atoms with Gasteiger partial charge in [0.1, 0.15) is 5.75 Å². The number of halogens is 2. The van der Waals surface area contributed by atoms with E-state index in [-0.39, 0.29) is 0 Å². The lowest BCUT2D eigenvalue weighted by atomic mass is 10.1. The lowest BCUT2D eigenvalue weighted by Crippen LogP contribution is -1.97. The van der Waals surface area contributed by atoms with E-state index in [1.165, 1.54) is 11.3 Å². The topological polar surface area (TPSA) is 48.1 Å². The van der Waals surface area contributed by atoms with Crippen LogP contribution >= 0.6 is 34.5 Å². The molecule has 3 rings (SSSR count). The lowest BCUT2D eigenvalue weighted by Gasteiger charge is -2.08. The van der Waals surface area contributed by atoms with Gasteiger partial charge in [0.15, 0.2) is 5.13 Å². The molecule has 17 heavy (non-hydrogen) atoms. The minimum absolute atomic E-state index is 0.483. The molecule has 2 aromatic rings. The van der Waals surface area contributed by atoms with Gasteiger partial charge in [-0.2, -0.15) is 0 Å². The first kappa shape index (κ1) is 11.1. The number of thiazole rings is 1. The first-order valence-electron chi connectivity index (χ1n) is 5.02. The number of aromatic nitrogens is 1. The Morgan fingerprint density at radius 1 is 1.29 bits per heavy atom. The second kappa shape index (κ2) is 4.05. The van der Waals surface area contributed by atoms with Crippen molar-refractivity contribution in [3.63, 3.8) is 0 Å². The van der Waals surface area contributed by atoms with Crippen LogP contribution in [-0.2, 0) is 6.42 Å². The highest BCUT2D eigenvalue weighted by Crippen LogP contribution is 2.41. The Balaban J connectivity index is 2.27. The zero-order valence-electron chi connectivity index (χ0n) is 8.67. The highest BCUT2D eigenvalue weighted by molar-refractivity contribution is 7.15. The monoisotopic (exact) mass is 286 g/mol. The molecule has 88 valence electrons. The molecule has 0 fully saturated rings. The molecular weight excluding hydrogens is 279 g/mol. The second-order valence-corrected chi connectivity index (χ2v) is 5.61. The van der Waals surface area contributed by atoms with E-state index in [1.54, 1.807) is 12.1 Å². The fourth-order valence-electron chi connectivity index (χ4n) is 1.84. The number of nitrogen functional groups attached to an aromatic ring is 1. The molecule has 0 aliphatic carbocycles. The molecule has 1 aliphatic rings. The maximum Gasteiger partial charge on any atom is 0.180 e. The Bertz CT molecular complexity index is 597. The average Bonchev–Trinajstić information content (AvgIpc) is 2.57. The summed E-state index contributed by atoms with van der Waals surface area (Å²) >= 11 is 13.5. The van der Waals surface area contributed by atoms with Gasteiger partial charge in [0.05, 0.1) is 22.3 Å². The Hall–Kier alpha value is -0.970. The van der Waals surface area contributed by atoms with E-state index >= 15 is 0 Å². The predicted molar refractivity (Wildman–Crippen MR) is 71.2 cm³/mol. The van der Waals surface area contributed by atoms with Crippen molar-refractivity contribution in [2.75, 3.05) is 12.3 Å². The predicted octanol–water partition coefficient (Wildman–Crippen LogP) is 3.63. The lowest BCUT2D eigenvalue weighted by molar-refractivity contribution is 0.327. The van der Waals surface area contributed by atoms with E-state index in [1.807, 2.05) is 0 Å². The van der Waals surface area contributed by atoms with Crippen molar-refractivity contribution in [2.24, 2.45) is 0 Å². The summed E-state index contributed by atoms with van der Waals surface area (Å²) in [6.45, 7) is 0.597. The van der Waals surface area contributed by atoms with E-state index in [2.05, 4.69) is 4.98 Å². The molecule has 0 atom stereocenters. The maximum atomic E-state index is 6.03. The van der Waals surface area contributed by atoms with Crippen LogP contribution in [0.25, 0.3) is 11.3 Å². The van der Waals surface area contributed by atoms with Gasteiger partial charge in [0.25, 0.3) is 0 Å². The van der Waals surface area contributed by atoms with Crippen LogP contribution in [0.4, 0.5) is 5.13 Å². The number of anilines is 1. The number of rotatable bonds is 0. The highest BCUT2D eigenvalue weighted by Gasteiger charge is 2.21. The standard InChI is InChI=1S/C11H8Cl2N2OS/c12-6-3-5-8(4-7(6)13)16-2-1-9-10(5)15-11(14)17-9/h3-4H,1-2H2,(H2,14,15). The number of nitrogens with two attached hydrogens (primary N) is 1. The molecular formula is C11H8Cl2N2OS. The van der Waals surface area contributed by atoms with E-state index in [0.717, 1.165) is 22.6 Å². The summed E-state index contributed by atoms with van der Waals surface area (Å²) in [5, 5.41) is 1.54. The molecule has 0 spiro atoms. The van der Waals surface area contributed by atoms with Gasteiger partial charge in [-0.1, -0.05) is 23.2 Å². The zero-order chi connectivity index (χ0) is 12.0. The molecule has 0 saturated carbocycles. The first-order chi connectivity index (χ1) is 8.15. The van der Waals surface area contributed by atoms with E-state index in [0.29, 0.717) is 27.5 Å². The van der Waals surface area contributed by atoms with Crippen LogP contribution < -0.4 is 10.5 Å². The normalized spacial score (nSPS) is 13.5. The third-order valence-corrected chi connectivity index (χ3v) is 4.24. The summed E-state index contributed by atoms with van der Waals surface area (Å²) in [6, 6.07) is 3.51. The van der Waals surface area contributed by atoms with Crippen LogP contribution in [0, 0.1) is 0 Å². The number of benzene rings is 1. The molecule has 1 aromatic heterocycles. The smallest absolute Gasteiger partial charge is 0.180 e. The fourth-order valence-corrected chi connectivity index (χ4v) is 2.98. The van der Waals surface area contributed by atoms with Crippen LogP contribution in [0.2, 0.25) is 10.0 Å². The summed E-state index contributed by atoms with van der Waals surface area (Å²) in [5.41, 5.74) is 7.46. The third kappa shape index (κ3) is 1.86. The molecule has 0 saturated heterocycles. The zero-order valence-corrected chi connectivity index (χ0v) is 11.0. The van der Waals surface area contributed by atoms with Gasteiger partial charge in [0.2, 0.25) is 0 Å². The van der Waals surface area contributed by atoms with Crippen LogP contribution in [0.5, 0.6) is 5.75 Å².